The van der Waals surface area contributed by atoms with Gasteiger partial charge in [-0.3, -0.25) is 4.98 Å². The van der Waals surface area contributed by atoms with Crippen LogP contribution in [0.5, 0.6) is 0 Å². The van der Waals surface area contributed by atoms with E-state index in [9.17, 15) is 8.78 Å². The van der Waals surface area contributed by atoms with Crippen LogP contribution in [0.2, 0.25) is 0 Å². The molecule has 188 valence electrons. The van der Waals surface area contributed by atoms with Crippen molar-refractivity contribution in [2.24, 2.45) is 0 Å². The number of nitrogens with zero attached hydrogens (tertiary/aromatic N) is 1. The Hall–Kier alpha value is -3.14. The van der Waals surface area contributed by atoms with Gasteiger partial charge in [0.05, 0.1) is 0 Å². The van der Waals surface area contributed by atoms with Crippen molar-refractivity contribution in [3.05, 3.63) is 112 Å². The number of aromatic nitrogens is 1. The van der Waals surface area contributed by atoms with Crippen molar-refractivity contribution >= 4 is 10.8 Å². The molecule has 0 saturated heterocycles. The standard InChI is InChI=1S/C32H34F3N/c1-2-3-4-5-6-7-25-10-17-28(36-22-25)16-9-23-11-18-29-27(20-23)15-14-26(32(29)35)13-8-24-12-19-30(33)31(34)21-24/h10-12,14-15,17-22H,2-9,13,16H2,1H3. The lowest BCUT2D eigenvalue weighted by Crippen LogP contribution is -1.98. The van der Waals surface area contributed by atoms with Gasteiger partial charge in [0.2, 0.25) is 0 Å². The maximum atomic E-state index is 15.1. The molecule has 3 aromatic carbocycles. The molecule has 0 saturated carbocycles. The molecule has 0 fully saturated rings. The number of fused-ring (bicyclic) bond motifs is 1. The van der Waals surface area contributed by atoms with Crippen LogP contribution in [0, 0.1) is 17.5 Å². The molecule has 4 rings (SSSR count). The molecule has 0 aliphatic rings. The molecule has 0 spiro atoms. The summed E-state index contributed by atoms with van der Waals surface area (Å²) in [6.07, 6.45) is 12.1. The Morgan fingerprint density at radius 3 is 2.14 bits per heavy atom. The van der Waals surface area contributed by atoms with E-state index in [1.54, 1.807) is 12.1 Å². The van der Waals surface area contributed by atoms with Crippen molar-refractivity contribution in [3.8, 4) is 0 Å². The lowest BCUT2D eigenvalue weighted by atomic mass is 9.97. The summed E-state index contributed by atoms with van der Waals surface area (Å²) in [5.74, 6) is -1.98. The third-order valence-electron chi connectivity index (χ3n) is 6.89. The Balaban J connectivity index is 1.33. The van der Waals surface area contributed by atoms with Crippen LogP contribution in [0.25, 0.3) is 10.8 Å². The molecule has 4 heteroatoms. The normalized spacial score (nSPS) is 11.3. The average Bonchev–Trinajstić information content (AvgIpc) is 2.89. The van der Waals surface area contributed by atoms with Crippen LogP contribution < -0.4 is 0 Å². The Bertz CT molecular complexity index is 1280. The van der Waals surface area contributed by atoms with E-state index in [2.05, 4.69) is 24.0 Å². The number of hydrogen-bond donors (Lipinski definition) is 0. The van der Waals surface area contributed by atoms with Crippen LogP contribution in [0.3, 0.4) is 0 Å². The van der Waals surface area contributed by atoms with Gasteiger partial charge in [-0.15, -0.1) is 0 Å². The molecule has 1 heterocycles. The molecular formula is C32H34F3N. The van der Waals surface area contributed by atoms with E-state index in [0.717, 1.165) is 42.0 Å². The van der Waals surface area contributed by atoms with Crippen molar-refractivity contribution in [1.82, 2.24) is 4.98 Å². The van der Waals surface area contributed by atoms with Gasteiger partial charge in [-0.2, -0.15) is 0 Å². The molecule has 0 aliphatic carbocycles. The van der Waals surface area contributed by atoms with Crippen LogP contribution >= 0.6 is 0 Å². The molecule has 1 aromatic heterocycles. The minimum absolute atomic E-state index is 0.242. The zero-order chi connectivity index (χ0) is 25.3. The molecule has 0 bridgehead atoms. The van der Waals surface area contributed by atoms with Gasteiger partial charge in [0.1, 0.15) is 5.82 Å². The highest BCUT2D eigenvalue weighted by Crippen LogP contribution is 2.24. The summed E-state index contributed by atoms with van der Waals surface area (Å²) in [6.45, 7) is 2.24. The van der Waals surface area contributed by atoms with E-state index in [1.807, 2.05) is 30.5 Å². The van der Waals surface area contributed by atoms with Crippen LogP contribution in [0.4, 0.5) is 13.2 Å². The van der Waals surface area contributed by atoms with E-state index in [0.29, 0.717) is 29.4 Å². The fourth-order valence-corrected chi connectivity index (χ4v) is 4.67. The Labute approximate surface area is 212 Å². The lowest BCUT2D eigenvalue weighted by molar-refractivity contribution is 0.507. The van der Waals surface area contributed by atoms with E-state index in [1.165, 1.54) is 43.7 Å². The number of pyridine rings is 1. The van der Waals surface area contributed by atoms with E-state index in [4.69, 9.17) is 0 Å². The maximum absolute atomic E-state index is 15.1. The van der Waals surface area contributed by atoms with Crippen molar-refractivity contribution in [3.63, 3.8) is 0 Å². The van der Waals surface area contributed by atoms with Gasteiger partial charge in [0, 0.05) is 17.3 Å². The average molecular weight is 490 g/mol. The first-order valence-electron chi connectivity index (χ1n) is 13.1. The smallest absolute Gasteiger partial charge is 0.159 e. The second kappa shape index (κ2) is 12.7. The van der Waals surface area contributed by atoms with Crippen molar-refractivity contribution in [2.75, 3.05) is 0 Å². The minimum atomic E-state index is -0.872. The Morgan fingerprint density at radius 2 is 1.36 bits per heavy atom. The number of benzene rings is 3. The molecule has 0 aliphatic heterocycles. The highest BCUT2D eigenvalue weighted by molar-refractivity contribution is 5.84. The number of halogens is 3. The SMILES string of the molecule is CCCCCCCc1ccc(CCc2ccc3c(F)c(CCc4ccc(F)c(F)c4)ccc3c2)nc1. The van der Waals surface area contributed by atoms with Crippen molar-refractivity contribution in [2.45, 2.75) is 71.1 Å². The molecular weight excluding hydrogens is 455 g/mol. The van der Waals surface area contributed by atoms with E-state index in [-0.39, 0.29) is 5.82 Å². The van der Waals surface area contributed by atoms with Crippen LogP contribution in [-0.2, 0) is 32.1 Å². The quantitative estimate of drug-likeness (QED) is 0.181. The molecule has 0 atom stereocenters. The van der Waals surface area contributed by atoms with Gasteiger partial charge in [-0.25, -0.2) is 13.2 Å². The summed E-state index contributed by atoms with van der Waals surface area (Å²) in [7, 11) is 0. The Kier molecular flexibility index (Phi) is 9.16. The molecule has 1 nitrogen and oxygen atoms in total. The first kappa shape index (κ1) is 25.9. The van der Waals surface area contributed by atoms with E-state index >= 15 is 4.39 Å². The number of aryl methyl sites for hydroxylation is 5. The summed E-state index contributed by atoms with van der Waals surface area (Å²) in [5, 5.41) is 1.45. The highest BCUT2D eigenvalue weighted by Gasteiger charge is 2.10. The largest absolute Gasteiger partial charge is 0.261 e. The van der Waals surface area contributed by atoms with Crippen molar-refractivity contribution < 1.29 is 13.2 Å². The topological polar surface area (TPSA) is 12.9 Å². The molecule has 0 amide bonds. The summed E-state index contributed by atoms with van der Waals surface area (Å²) in [5.41, 5.74) is 4.76. The van der Waals surface area contributed by atoms with Gasteiger partial charge in [0.15, 0.2) is 11.6 Å². The summed E-state index contributed by atoms with van der Waals surface area (Å²) >= 11 is 0. The van der Waals surface area contributed by atoms with Gasteiger partial charge in [-0.05, 0) is 84.4 Å². The van der Waals surface area contributed by atoms with Gasteiger partial charge in [0.25, 0.3) is 0 Å². The summed E-state index contributed by atoms with van der Waals surface area (Å²) in [6, 6.07) is 17.8. The third-order valence-corrected chi connectivity index (χ3v) is 6.89. The first-order valence-corrected chi connectivity index (χ1v) is 13.1. The summed E-state index contributed by atoms with van der Waals surface area (Å²) in [4.78, 5) is 4.65. The zero-order valence-corrected chi connectivity index (χ0v) is 21.0. The monoisotopic (exact) mass is 489 g/mol. The lowest BCUT2D eigenvalue weighted by Gasteiger charge is -2.09. The molecule has 0 unspecified atom stereocenters. The van der Waals surface area contributed by atoms with E-state index < -0.39 is 11.6 Å². The third kappa shape index (κ3) is 6.96. The van der Waals surface area contributed by atoms with Crippen LogP contribution in [0.1, 0.15) is 67.0 Å². The fourth-order valence-electron chi connectivity index (χ4n) is 4.67. The fraction of sp³-hybridized carbons (Fsp3) is 0.344. The highest BCUT2D eigenvalue weighted by atomic mass is 19.2. The maximum Gasteiger partial charge on any atom is 0.159 e. The van der Waals surface area contributed by atoms with Crippen molar-refractivity contribution in [1.29, 1.82) is 0 Å². The van der Waals surface area contributed by atoms with Crippen LogP contribution in [-0.4, -0.2) is 4.98 Å². The number of rotatable bonds is 12. The molecule has 0 radical (unpaired) electrons. The number of hydrogen-bond acceptors (Lipinski definition) is 1. The molecule has 4 aromatic rings. The minimum Gasteiger partial charge on any atom is -0.261 e. The second-order valence-electron chi connectivity index (χ2n) is 9.66. The van der Waals surface area contributed by atoms with Gasteiger partial charge in [-0.1, -0.05) is 75.1 Å². The predicted octanol–water partition coefficient (Wildman–Crippen LogP) is 8.74. The number of unbranched alkanes of at least 4 members (excludes halogenated alkanes) is 4. The predicted molar refractivity (Wildman–Crippen MR) is 142 cm³/mol. The zero-order valence-electron chi connectivity index (χ0n) is 21.0. The molecule has 0 N–H and O–H groups in total. The summed E-state index contributed by atoms with van der Waals surface area (Å²) < 4.78 is 41.7. The second-order valence-corrected chi connectivity index (χ2v) is 9.66. The van der Waals surface area contributed by atoms with Gasteiger partial charge < -0.3 is 0 Å². The Morgan fingerprint density at radius 1 is 0.611 bits per heavy atom. The van der Waals surface area contributed by atoms with Gasteiger partial charge >= 0.3 is 0 Å². The first-order chi connectivity index (χ1) is 17.5. The van der Waals surface area contributed by atoms with Crippen LogP contribution in [0.15, 0.2) is 66.9 Å². The molecule has 36 heavy (non-hydrogen) atoms.